The Labute approximate surface area is 172 Å². The van der Waals surface area contributed by atoms with E-state index in [1.54, 1.807) is 13.0 Å². The maximum atomic E-state index is 13.4. The summed E-state index contributed by atoms with van der Waals surface area (Å²) in [5, 5.41) is 6.57. The molecule has 0 bridgehead atoms. The van der Waals surface area contributed by atoms with Gasteiger partial charge in [0.2, 0.25) is 5.91 Å². The van der Waals surface area contributed by atoms with E-state index < -0.39 is 0 Å². The summed E-state index contributed by atoms with van der Waals surface area (Å²) in [6.45, 7) is 7.22. The predicted molar refractivity (Wildman–Crippen MR) is 114 cm³/mol. The highest BCUT2D eigenvalue weighted by molar-refractivity contribution is 5.79. The molecule has 0 atom stereocenters. The Morgan fingerprint density at radius 3 is 2.48 bits per heavy atom. The Balaban J connectivity index is 1.55. The maximum Gasteiger partial charge on any atom is 0.222 e. The van der Waals surface area contributed by atoms with Crippen LogP contribution < -0.4 is 10.6 Å². The van der Waals surface area contributed by atoms with Gasteiger partial charge in [-0.25, -0.2) is 9.38 Å². The van der Waals surface area contributed by atoms with Crippen LogP contribution in [0.1, 0.15) is 42.0 Å². The SMILES string of the molecule is CCNC(=NCc1ccc(F)c(C)c1)NCc1ccc(CN2CCCC2=O)cc1. The first-order valence-corrected chi connectivity index (χ1v) is 10.2. The number of nitrogens with zero attached hydrogens (tertiary/aromatic N) is 2. The molecule has 1 heterocycles. The second-order valence-corrected chi connectivity index (χ2v) is 7.37. The second-order valence-electron chi connectivity index (χ2n) is 7.37. The number of hydrogen-bond donors (Lipinski definition) is 2. The number of guanidine groups is 1. The molecule has 3 rings (SSSR count). The van der Waals surface area contributed by atoms with E-state index in [9.17, 15) is 9.18 Å². The number of carbonyl (C=O) groups is 1. The molecule has 29 heavy (non-hydrogen) atoms. The minimum atomic E-state index is -0.194. The smallest absolute Gasteiger partial charge is 0.222 e. The maximum absolute atomic E-state index is 13.4. The molecule has 2 N–H and O–H groups in total. The van der Waals surface area contributed by atoms with E-state index in [-0.39, 0.29) is 11.7 Å². The molecule has 2 aromatic rings. The molecule has 1 aliphatic heterocycles. The molecule has 1 fully saturated rings. The fraction of sp³-hybridized carbons (Fsp3) is 0.391. The Bertz CT molecular complexity index is 864. The summed E-state index contributed by atoms with van der Waals surface area (Å²) in [6.07, 6.45) is 1.64. The van der Waals surface area contributed by atoms with E-state index in [1.165, 1.54) is 6.07 Å². The van der Waals surface area contributed by atoms with Crippen molar-refractivity contribution in [3.8, 4) is 0 Å². The van der Waals surface area contributed by atoms with E-state index in [0.717, 1.165) is 42.2 Å². The zero-order valence-electron chi connectivity index (χ0n) is 17.2. The number of aliphatic imine (C=N–C) groups is 1. The van der Waals surface area contributed by atoms with Crippen LogP contribution in [0.4, 0.5) is 4.39 Å². The number of carbonyl (C=O) groups excluding carboxylic acids is 1. The van der Waals surface area contributed by atoms with Gasteiger partial charge in [-0.1, -0.05) is 36.4 Å². The predicted octanol–water partition coefficient (Wildman–Crippen LogP) is 3.51. The molecule has 0 unspecified atom stereocenters. The lowest BCUT2D eigenvalue weighted by Crippen LogP contribution is -2.36. The first-order valence-electron chi connectivity index (χ1n) is 10.2. The first-order chi connectivity index (χ1) is 14.0. The Hall–Kier alpha value is -2.89. The third-order valence-corrected chi connectivity index (χ3v) is 5.01. The lowest BCUT2D eigenvalue weighted by atomic mass is 10.1. The van der Waals surface area contributed by atoms with E-state index in [4.69, 9.17) is 0 Å². The minimum absolute atomic E-state index is 0.194. The molecule has 0 aromatic heterocycles. The molecule has 0 aliphatic carbocycles. The number of halogens is 1. The van der Waals surface area contributed by atoms with Crippen LogP contribution in [0.5, 0.6) is 0 Å². The van der Waals surface area contributed by atoms with E-state index in [0.29, 0.717) is 31.6 Å². The number of likely N-dealkylation sites (tertiary alicyclic amines) is 1. The third kappa shape index (κ3) is 6.04. The monoisotopic (exact) mass is 396 g/mol. The van der Waals surface area contributed by atoms with Gasteiger partial charge in [0.15, 0.2) is 5.96 Å². The van der Waals surface area contributed by atoms with Gasteiger partial charge in [0.1, 0.15) is 5.82 Å². The van der Waals surface area contributed by atoms with Gasteiger partial charge in [-0.3, -0.25) is 4.79 Å². The Morgan fingerprint density at radius 2 is 1.83 bits per heavy atom. The minimum Gasteiger partial charge on any atom is -0.357 e. The highest BCUT2D eigenvalue weighted by Crippen LogP contribution is 2.15. The van der Waals surface area contributed by atoms with Crippen molar-refractivity contribution in [3.63, 3.8) is 0 Å². The van der Waals surface area contributed by atoms with Gasteiger partial charge in [0.25, 0.3) is 0 Å². The molecule has 6 heteroatoms. The molecule has 0 saturated carbocycles. The second kappa shape index (κ2) is 10.0. The molecule has 154 valence electrons. The lowest BCUT2D eigenvalue weighted by Gasteiger charge is -2.16. The molecule has 0 spiro atoms. The van der Waals surface area contributed by atoms with Crippen LogP contribution in [0.3, 0.4) is 0 Å². The number of amides is 1. The van der Waals surface area contributed by atoms with Crippen LogP contribution in [-0.4, -0.2) is 29.9 Å². The summed E-state index contributed by atoms with van der Waals surface area (Å²) in [7, 11) is 0. The van der Waals surface area contributed by atoms with Crippen molar-refractivity contribution < 1.29 is 9.18 Å². The van der Waals surface area contributed by atoms with Gasteiger partial charge in [0, 0.05) is 32.6 Å². The summed E-state index contributed by atoms with van der Waals surface area (Å²) in [4.78, 5) is 18.3. The quantitative estimate of drug-likeness (QED) is 0.556. The number of benzene rings is 2. The number of aryl methyl sites for hydroxylation is 1. The van der Waals surface area contributed by atoms with Crippen molar-refractivity contribution >= 4 is 11.9 Å². The van der Waals surface area contributed by atoms with Crippen LogP contribution in [0.15, 0.2) is 47.5 Å². The topological polar surface area (TPSA) is 56.7 Å². The first kappa shape index (κ1) is 20.8. The highest BCUT2D eigenvalue weighted by atomic mass is 19.1. The third-order valence-electron chi connectivity index (χ3n) is 5.01. The van der Waals surface area contributed by atoms with Crippen molar-refractivity contribution in [3.05, 3.63) is 70.5 Å². The van der Waals surface area contributed by atoms with Crippen LogP contribution in [-0.2, 0) is 24.4 Å². The molecule has 1 amide bonds. The van der Waals surface area contributed by atoms with Gasteiger partial charge >= 0.3 is 0 Å². The standard InChI is InChI=1S/C23H29FN4O/c1-3-25-23(27-15-20-10-11-21(24)17(2)13-20)26-14-18-6-8-19(9-7-18)16-28-12-4-5-22(28)29/h6-11,13H,3-5,12,14-16H2,1-2H3,(H2,25,26,27). The van der Waals surface area contributed by atoms with Crippen LogP contribution >= 0.6 is 0 Å². The number of nitrogens with one attached hydrogen (secondary N) is 2. The average Bonchev–Trinajstić information content (AvgIpc) is 3.12. The fourth-order valence-corrected chi connectivity index (χ4v) is 3.36. The summed E-state index contributed by atoms with van der Waals surface area (Å²) in [5.41, 5.74) is 3.90. The average molecular weight is 397 g/mol. The summed E-state index contributed by atoms with van der Waals surface area (Å²) in [6, 6.07) is 13.4. The molecule has 1 saturated heterocycles. The molecule has 0 radical (unpaired) electrons. The van der Waals surface area contributed by atoms with E-state index in [2.05, 4.69) is 39.9 Å². The van der Waals surface area contributed by atoms with Crippen LogP contribution in [0, 0.1) is 12.7 Å². The highest BCUT2D eigenvalue weighted by Gasteiger charge is 2.19. The number of rotatable bonds is 7. The summed E-state index contributed by atoms with van der Waals surface area (Å²) >= 11 is 0. The van der Waals surface area contributed by atoms with Gasteiger partial charge in [-0.15, -0.1) is 0 Å². The van der Waals surface area contributed by atoms with Crippen molar-refractivity contribution in [2.24, 2.45) is 4.99 Å². The lowest BCUT2D eigenvalue weighted by molar-refractivity contribution is -0.128. The molecular formula is C23H29FN4O. The van der Waals surface area contributed by atoms with Crippen molar-refractivity contribution in [2.45, 2.75) is 46.3 Å². The summed E-state index contributed by atoms with van der Waals surface area (Å²) in [5.74, 6) is 0.778. The number of hydrogen-bond acceptors (Lipinski definition) is 2. The van der Waals surface area contributed by atoms with E-state index in [1.807, 2.05) is 17.9 Å². The fourth-order valence-electron chi connectivity index (χ4n) is 3.36. The van der Waals surface area contributed by atoms with Gasteiger partial charge in [-0.2, -0.15) is 0 Å². The molecule has 1 aliphatic rings. The Morgan fingerprint density at radius 1 is 1.10 bits per heavy atom. The largest absolute Gasteiger partial charge is 0.357 e. The van der Waals surface area contributed by atoms with E-state index >= 15 is 0 Å². The summed E-state index contributed by atoms with van der Waals surface area (Å²) < 4.78 is 13.4. The van der Waals surface area contributed by atoms with Gasteiger partial charge in [0.05, 0.1) is 6.54 Å². The van der Waals surface area contributed by atoms with Crippen LogP contribution in [0.25, 0.3) is 0 Å². The zero-order valence-corrected chi connectivity index (χ0v) is 17.2. The van der Waals surface area contributed by atoms with Crippen molar-refractivity contribution in [1.29, 1.82) is 0 Å². The normalized spacial score (nSPS) is 14.4. The van der Waals surface area contributed by atoms with Crippen molar-refractivity contribution in [2.75, 3.05) is 13.1 Å². The Kier molecular flexibility index (Phi) is 7.22. The van der Waals surface area contributed by atoms with Gasteiger partial charge < -0.3 is 15.5 Å². The van der Waals surface area contributed by atoms with Crippen LogP contribution in [0.2, 0.25) is 0 Å². The molecule has 5 nitrogen and oxygen atoms in total. The molecule has 2 aromatic carbocycles. The van der Waals surface area contributed by atoms with Crippen molar-refractivity contribution in [1.82, 2.24) is 15.5 Å². The molecular weight excluding hydrogens is 367 g/mol. The zero-order chi connectivity index (χ0) is 20.6. The van der Waals surface area contributed by atoms with Gasteiger partial charge in [-0.05, 0) is 48.6 Å².